The molecule has 0 heterocycles. The molecule has 0 aromatic rings. The van der Waals surface area contributed by atoms with Gasteiger partial charge in [-0.3, -0.25) is 0 Å². The molecule has 0 fully saturated rings. The monoisotopic (exact) mass is 361 g/mol. The first-order valence-corrected chi connectivity index (χ1v) is 11.5. The van der Waals surface area contributed by atoms with E-state index >= 15 is 0 Å². The standard InChI is InChI=1S/C20H42O3S/c1-2-3-4-5-6-7-8-9-10-11-12-13-14-15-16-17-18-19-20-23-24(21)22/h2-20H2,1H3,(H,21,22)/p-1. The number of unbranched alkanes of at least 4 members (excludes halogenated alkanes) is 17. The van der Waals surface area contributed by atoms with Gasteiger partial charge in [0.2, 0.25) is 0 Å². The second kappa shape index (κ2) is 21.1. The summed E-state index contributed by atoms with van der Waals surface area (Å²) in [6.45, 7) is 2.62. The molecule has 0 aromatic heterocycles. The van der Waals surface area contributed by atoms with Gasteiger partial charge in [-0.05, 0) is 6.42 Å². The number of rotatable bonds is 20. The molecule has 0 amide bonds. The lowest BCUT2D eigenvalue weighted by Gasteiger charge is -2.05. The van der Waals surface area contributed by atoms with E-state index in [0.717, 1.165) is 12.8 Å². The van der Waals surface area contributed by atoms with Crippen molar-refractivity contribution in [2.24, 2.45) is 0 Å². The van der Waals surface area contributed by atoms with Crippen LogP contribution in [0.2, 0.25) is 0 Å². The molecule has 0 spiro atoms. The quantitative estimate of drug-likeness (QED) is 0.176. The van der Waals surface area contributed by atoms with Crippen LogP contribution in [0.4, 0.5) is 0 Å². The van der Waals surface area contributed by atoms with Crippen LogP contribution in [-0.4, -0.2) is 15.4 Å². The van der Waals surface area contributed by atoms with E-state index in [1.54, 1.807) is 0 Å². The second-order valence-electron chi connectivity index (χ2n) is 7.04. The topological polar surface area (TPSA) is 49.4 Å². The van der Waals surface area contributed by atoms with Gasteiger partial charge in [0, 0.05) is 0 Å². The van der Waals surface area contributed by atoms with Gasteiger partial charge in [0.15, 0.2) is 0 Å². The summed E-state index contributed by atoms with van der Waals surface area (Å²) in [7, 11) is 0. The maximum atomic E-state index is 10.2. The molecule has 0 aliphatic rings. The lowest BCUT2D eigenvalue weighted by molar-refractivity contribution is 0.290. The van der Waals surface area contributed by atoms with Gasteiger partial charge in [-0.1, -0.05) is 116 Å². The summed E-state index contributed by atoms with van der Waals surface area (Å²) in [5.41, 5.74) is 0. The van der Waals surface area contributed by atoms with E-state index in [2.05, 4.69) is 11.1 Å². The van der Waals surface area contributed by atoms with Gasteiger partial charge in [-0.15, -0.1) is 0 Å². The highest BCUT2D eigenvalue weighted by atomic mass is 32.2. The smallest absolute Gasteiger partial charge is 0.0842 e. The third kappa shape index (κ3) is 22.1. The van der Waals surface area contributed by atoms with Crippen LogP contribution in [0.15, 0.2) is 0 Å². The van der Waals surface area contributed by atoms with Gasteiger partial charge in [-0.25, -0.2) is 4.21 Å². The Balaban J connectivity index is 2.97. The molecular formula is C20H41O3S-. The summed E-state index contributed by atoms with van der Waals surface area (Å²) < 4.78 is 24.8. The fourth-order valence-corrected chi connectivity index (χ4v) is 3.38. The van der Waals surface area contributed by atoms with Gasteiger partial charge in [0.05, 0.1) is 18.0 Å². The Kier molecular flexibility index (Phi) is 21.2. The Morgan fingerprint density at radius 3 is 1.17 bits per heavy atom. The van der Waals surface area contributed by atoms with Crippen LogP contribution < -0.4 is 0 Å². The Morgan fingerprint density at radius 1 is 0.583 bits per heavy atom. The van der Waals surface area contributed by atoms with E-state index in [-0.39, 0.29) is 0 Å². The van der Waals surface area contributed by atoms with Gasteiger partial charge in [0.25, 0.3) is 0 Å². The molecular weight excluding hydrogens is 320 g/mol. The third-order valence-electron chi connectivity index (χ3n) is 4.68. The van der Waals surface area contributed by atoms with Gasteiger partial charge >= 0.3 is 0 Å². The molecule has 3 nitrogen and oxygen atoms in total. The molecule has 0 aliphatic heterocycles. The zero-order valence-electron chi connectivity index (χ0n) is 16.1. The summed E-state index contributed by atoms with van der Waals surface area (Å²) in [6.07, 6.45) is 24.1. The first-order chi connectivity index (χ1) is 11.8. The average Bonchev–Trinajstić information content (AvgIpc) is 2.56. The molecule has 0 saturated carbocycles. The van der Waals surface area contributed by atoms with Crippen LogP contribution in [0.3, 0.4) is 0 Å². The van der Waals surface area contributed by atoms with Crippen molar-refractivity contribution in [3.8, 4) is 0 Å². The highest BCUT2D eigenvalue weighted by Gasteiger charge is 1.95. The molecule has 0 aliphatic carbocycles. The van der Waals surface area contributed by atoms with Crippen LogP contribution in [0.1, 0.15) is 122 Å². The minimum atomic E-state index is -2.33. The maximum absolute atomic E-state index is 10.2. The van der Waals surface area contributed by atoms with Crippen molar-refractivity contribution in [1.82, 2.24) is 0 Å². The normalized spacial score (nSPS) is 12.6. The summed E-state index contributed by atoms with van der Waals surface area (Å²) in [6, 6.07) is 0. The van der Waals surface area contributed by atoms with Gasteiger partial charge < -0.3 is 8.74 Å². The van der Waals surface area contributed by atoms with Crippen LogP contribution in [-0.2, 0) is 15.5 Å². The lowest BCUT2D eigenvalue weighted by Crippen LogP contribution is -1.97. The van der Waals surface area contributed by atoms with E-state index in [0.29, 0.717) is 6.61 Å². The Morgan fingerprint density at radius 2 is 0.875 bits per heavy atom. The molecule has 0 N–H and O–H groups in total. The van der Waals surface area contributed by atoms with E-state index in [1.807, 2.05) is 0 Å². The first-order valence-electron chi connectivity index (χ1n) is 10.5. The van der Waals surface area contributed by atoms with Crippen molar-refractivity contribution in [3.05, 3.63) is 0 Å². The van der Waals surface area contributed by atoms with E-state index in [9.17, 15) is 8.76 Å². The highest BCUT2D eigenvalue weighted by Crippen LogP contribution is 2.14. The van der Waals surface area contributed by atoms with Crippen LogP contribution >= 0.6 is 0 Å². The molecule has 0 rings (SSSR count). The largest absolute Gasteiger partial charge is 0.750 e. The number of hydrogen-bond acceptors (Lipinski definition) is 3. The van der Waals surface area contributed by atoms with E-state index in [4.69, 9.17) is 0 Å². The second-order valence-corrected chi connectivity index (χ2v) is 7.68. The molecule has 0 bridgehead atoms. The van der Waals surface area contributed by atoms with Crippen molar-refractivity contribution in [1.29, 1.82) is 0 Å². The average molecular weight is 362 g/mol. The van der Waals surface area contributed by atoms with Crippen molar-refractivity contribution in [3.63, 3.8) is 0 Å². The predicted octanol–water partition coefficient (Wildman–Crippen LogP) is 6.84. The fraction of sp³-hybridized carbons (Fsp3) is 1.00. The molecule has 1 atom stereocenters. The van der Waals surface area contributed by atoms with Crippen molar-refractivity contribution < 1.29 is 12.9 Å². The van der Waals surface area contributed by atoms with Crippen LogP contribution in [0.5, 0.6) is 0 Å². The minimum absolute atomic E-state index is 0.342. The summed E-state index contributed by atoms with van der Waals surface area (Å²) >= 11 is -2.33. The van der Waals surface area contributed by atoms with Gasteiger partial charge in [0.1, 0.15) is 0 Å². The first kappa shape index (κ1) is 24.1. The van der Waals surface area contributed by atoms with Crippen molar-refractivity contribution >= 4 is 11.4 Å². The third-order valence-corrected chi connectivity index (χ3v) is 5.04. The summed E-state index contributed by atoms with van der Waals surface area (Å²) in [4.78, 5) is 0. The summed E-state index contributed by atoms with van der Waals surface area (Å²) in [5.74, 6) is 0. The van der Waals surface area contributed by atoms with E-state index < -0.39 is 11.4 Å². The fourth-order valence-electron chi connectivity index (χ4n) is 3.13. The number of hydrogen-bond donors (Lipinski definition) is 0. The Hall–Kier alpha value is 0.0700. The molecule has 24 heavy (non-hydrogen) atoms. The zero-order valence-corrected chi connectivity index (χ0v) is 16.9. The molecule has 0 saturated heterocycles. The maximum Gasteiger partial charge on any atom is 0.0842 e. The Labute approximate surface area is 153 Å². The highest BCUT2D eigenvalue weighted by molar-refractivity contribution is 7.74. The van der Waals surface area contributed by atoms with Crippen molar-refractivity contribution in [2.75, 3.05) is 6.61 Å². The molecule has 1 unspecified atom stereocenters. The SMILES string of the molecule is CCCCCCCCCCCCCCCCCCCCOS(=O)[O-]. The summed E-state index contributed by atoms with van der Waals surface area (Å²) in [5, 5.41) is 0. The molecule has 0 aromatic carbocycles. The minimum Gasteiger partial charge on any atom is -0.750 e. The van der Waals surface area contributed by atoms with Gasteiger partial charge in [-0.2, -0.15) is 0 Å². The van der Waals surface area contributed by atoms with Crippen LogP contribution in [0.25, 0.3) is 0 Å². The zero-order chi connectivity index (χ0) is 17.7. The molecule has 4 heteroatoms. The lowest BCUT2D eigenvalue weighted by atomic mass is 10.0. The Bertz CT molecular complexity index is 259. The van der Waals surface area contributed by atoms with E-state index in [1.165, 1.54) is 103 Å². The molecule has 0 radical (unpaired) electrons. The van der Waals surface area contributed by atoms with Crippen LogP contribution in [0, 0.1) is 0 Å². The molecule has 146 valence electrons. The predicted molar refractivity (Wildman–Crippen MR) is 104 cm³/mol. The van der Waals surface area contributed by atoms with Crippen molar-refractivity contribution in [2.45, 2.75) is 122 Å².